The van der Waals surface area contributed by atoms with E-state index >= 15 is 0 Å². The monoisotopic (exact) mass is 268 g/mol. The molecule has 1 saturated heterocycles. The van der Waals surface area contributed by atoms with Crippen LogP contribution in [0, 0.1) is 0 Å². The zero-order valence-electron chi connectivity index (χ0n) is 12.9. The standard InChI is InChI=1S/C16H32N2O/c1-3-18(4-2)16(11-5-6-12-16)15(17)10-9-14-8-7-13-19-14/h14-15H,3-13,17H2,1-2H3. The lowest BCUT2D eigenvalue weighted by Gasteiger charge is -2.45. The first-order valence-electron chi connectivity index (χ1n) is 8.35. The summed E-state index contributed by atoms with van der Waals surface area (Å²) < 4.78 is 5.74. The number of nitrogens with zero attached hydrogens (tertiary/aromatic N) is 1. The van der Waals surface area contributed by atoms with Gasteiger partial charge >= 0.3 is 0 Å². The van der Waals surface area contributed by atoms with Crippen LogP contribution in [-0.4, -0.2) is 42.3 Å². The van der Waals surface area contributed by atoms with Crippen molar-refractivity contribution in [3.05, 3.63) is 0 Å². The Morgan fingerprint density at radius 3 is 2.42 bits per heavy atom. The Kier molecular flexibility index (Phi) is 5.67. The van der Waals surface area contributed by atoms with Crippen LogP contribution in [0.15, 0.2) is 0 Å². The average Bonchev–Trinajstić information content (AvgIpc) is 3.09. The van der Waals surface area contributed by atoms with E-state index < -0.39 is 0 Å². The molecule has 2 N–H and O–H groups in total. The maximum absolute atomic E-state index is 6.65. The molecule has 2 atom stereocenters. The first-order valence-corrected chi connectivity index (χ1v) is 8.35. The Morgan fingerprint density at radius 2 is 1.89 bits per heavy atom. The van der Waals surface area contributed by atoms with Gasteiger partial charge in [0.2, 0.25) is 0 Å². The highest BCUT2D eigenvalue weighted by Crippen LogP contribution is 2.39. The molecule has 1 aliphatic heterocycles. The van der Waals surface area contributed by atoms with Crippen molar-refractivity contribution in [1.29, 1.82) is 0 Å². The number of hydrogen-bond donors (Lipinski definition) is 1. The largest absolute Gasteiger partial charge is 0.378 e. The maximum atomic E-state index is 6.65. The minimum absolute atomic E-state index is 0.280. The van der Waals surface area contributed by atoms with Gasteiger partial charge in [-0.1, -0.05) is 26.7 Å². The molecule has 0 amide bonds. The highest BCUT2D eigenvalue weighted by atomic mass is 16.5. The molecule has 1 saturated carbocycles. The molecule has 2 aliphatic rings. The average molecular weight is 268 g/mol. The fraction of sp³-hybridized carbons (Fsp3) is 1.00. The van der Waals surface area contributed by atoms with Gasteiger partial charge in [0.15, 0.2) is 0 Å². The number of likely N-dealkylation sites (N-methyl/N-ethyl adjacent to an activating group) is 1. The molecule has 3 heteroatoms. The fourth-order valence-corrected chi connectivity index (χ4v) is 4.27. The van der Waals surface area contributed by atoms with Gasteiger partial charge in [0.25, 0.3) is 0 Å². The summed E-state index contributed by atoms with van der Waals surface area (Å²) in [5.41, 5.74) is 6.93. The minimum Gasteiger partial charge on any atom is -0.378 e. The Labute approximate surface area is 118 Å². The molecule has 3 nitrogen and oxygen atoms in total. The van der Waals surface area contributed by atoms with E-state index in [0.717, 1.165) is 32.5 Å². The van der Waals surface area contributed by atoms with Crippen molar-refractivity contribution in [2.45, 2.75) is 82.9 Å². The zero-order valence-corrected chi connectivity index (χ0v) is 12.9. The molecule has 1 aliphatic carbocycles. The lowest BCUT2D eigenvalue weighted by atomic mass is 9.83. The number of rotatable bonds is 7. The second kappa shape index (κ2) is 7.05. The summed E-state index contributed by atoms with van der Waals surface area (Å²) in [7, 11) is 0. The van der Waals surface area contributed by atoms with Gasteiger partial charge in [-0.15, -0.1) is 0 Å². The van der Waals surface area contributed by atoms with Crippen molar-refractivity contribution in [3.8, 4) is 0 Å². The molecule has 2 rings (SSSR count). The van der Waals surface area contributed by atoms with Crippen LogP contribution in [0.3, 0.4) is 0 Å². The van der Waals surface area contributed by atoms with Crippen LogP contribution >= 0.6 is 0 Å². The third kappa shape index (κ3) is 3.32. The van der Waals surface area contributed by atoms with E-state index in [0.29, 0.717) is 12.1 Å². The van der Waals surface area contributed by atoms with Crippen molar-refractivity contribution in [2.24, 2.45) is 5.73 Å². The highest BCUT2D eigenvalue weighted by Gasteiger charge is 2.43. The van der Waals surface area contributed by atoms with Crippen LogP contribution < -0.4 is 5.73 Å². The van der Waals surface area contributed by atoms with Gasteiger partial charge < -0.3 is 10.5 Å². The molecule has 0 aromatic heterocycles. The summed E-state index contributed by atoms with van der Waals surface area (Å²) in [6, 6.07) is 0.319. The zero-order chi connectivity index (χ0) is 13.7. The molecule has 0 spiro atoms. The first-order chi connectivity index (χ1) is 9.23. The van der Waals surface area contributed by atoms with Crippen LogP contribution in [0.25, 0.3) is 0 Å². The van der Waals surface area contributed by atoms with Gasteiger partial charge in [0, 0.05) is 18.2 Å². The summed E-state index contributed by atoms with van der Waals surface area (Å²) >= 11 is 0. The molecule has 0 aromatic rings. The SMILES string of the molecule is CCN(CC)C1(C(N)CCC2CCCO2)CCCC1. The van der Waals surface area contributed by atoms with Crippen molar-refractivity contribution in [1.82, 2.24) is 4.90 Å². The molecule has 0 bridgehead atoms. The normalized spacial score (nSPS) is 28.1. The van der Waals surface area contributed by atoms with Crippen molar-refractivity contribution < 1.29 is 4.74 Å². The minimum atomic E-state index is 0.280. The Morgan fingerprint density at radius 1 is 1.21 bits per heavy atom. The van der Waals surface area contributed by atoms with E-state index in [9.17, 15) is 0 Å². The summed E-state index contributed by atoms with van der Waals surface area (Å²) in [6.07, 6.45) is 10.5. The third-order valence-electron chi connectivity index (χ3n) is 5.38. The van der Waals surface area contributed by atoms with E-state index in [1.165, 1.54) is 38.5 Å². The summed E-state index contributed by atoms with van der Waals surface area (Å²) in [5.74, 6) is 0. The molecular formula is C16H32N2O. The van der Waals surface area contributed by atoms with Crippen LogP contribution in [0.4, 0.5) is 0 Å². The highest BCUT2D eigenvalue weighted by molar-refractivity contribution is 5.02. The topological polar surface area (TPSA) is 38.5 Å². The second-order valence-corrected chi connectivity index (χ2v) is 6.30. The number of hydrogen-bond acceptors (Lipinski definition) is 3. The smallest absolute Gasteiger partial charge is 0.0576 e. The number of nitrogens with two attached hydrogens (primary N) is 1. The van der Waals surface area contributed by atoms with E-state index in [2.05, 4.69) is 18.7 Å². The lowest BCUT2D eigenvalue weighted by Crippen LogP contribution is -2.58. The van der Waals surface area contributed by atoms with E-state index in [1.54, 1.807) is 0 Å². The van der Waals surface area contributed by atoms with E-state index in [-0.39, 0.29) is 5.54 Å². The maximum Gasteiger partial charge on any atom is 0.0576 e. The Hall–Kier alpha value is -0.120. The molecule has 1 heterocycles. The molecule has 19 heavy (non-hydrogen) atoms. The van der Waals surface area contributed by atoms with Crippen LogP contribution in [0.2, 0.25) is 0 Å². The quantitative estimate of drug-likeness (QED) is 0.771. The first kappa shape index (κ1) is 15.3. The molecule has 0 radical (unpaired) electrons. The van der Waals surface area contributed by atoms with Gasteiger partial charge in [-0.2, -0.15) is 0 Å². The molecule has 112 valence electrons. The Bertz CT molecular complexity index is 253. The second-order valence-electron chi connectivity index (χ2n) is 6.30. The van der Waals surface area contributed by atoms with Crippen LogP contribution in [-0.2, 0) is 4.74 Å². The van der Waals surface area contributed by atoms with Gasteiger partial charge in [0.1, 0.15) is 0 Å². The van der Waals surface area contributed by atoms with Crippen molar-refractivity contribution in [3.63, 3.8) is 0 Å². The van der Waals surface area contributed by atoms with Crippen LogP contribution in [0.1, 0.15) is 65.2 Å². The summed E-state index contributed by atoms with van der Waals surface area (Å²) in [6.45, 7) is 7.77. The number of ether oxygens (including phenoxy) is 1. The molecule has 0 aromatic carbocycles. The summed E-state index contributed by atoms with van der Waals surface area (Å²) in [5, 5.41) is 0. The molecular weight excluding hydrogens is 236 g/mol. The van der Waals surface area contributed by atoms with Crippen molar-refractivity contribution >= 4 is 0 Å². The Balaban J connectivity index is 1.93. The molecule has 2 unspecified atom stereocenters. The van der Waals surface area contributed by atoms with E-state index in [1.807, 2.05) is 0 Å². The van der Waals surface area contributed by atoms with Gasteiger partial charge in [-0.3, -0.25) is 4.90 Å². The molecule has 2 fully saturated rings. The van der Waals surface area contributed by atoms with Crippen molar-refractivity contribution in [2.75, 3.05) is 19.7 Å². The van der Waals surface area contributed by atoms with Gasteiger partial charge in [-0.05, 0) is 51.6 Å². The predicted octanol–water partition coefficient (Wildman–Crippen LogP) is 2.93. The lowest BCUT2D eigenvalue weighted by molar-refractivity contribution is 0.0588. The third-order valence-corrected chi connectivity index (χ3v) is 5.38. The predicted molar refractivity (Wildman–Crippen MR) is 80.3 cm³/mol. The van der Waals surface area contributed by atoms with E-state index in [4.69, 9.17) is 10.5 Å². The van der Waals surface area contributed by atoms with Gasteiger partial charge in [0.05, 0.1) is 6.10 Å². The fourth-order valence-electron chi connectivity index (χ4n) is 4.27. The van der Waals surface area contributed by atoms with Crippen LogP contribution in [0.5, 0.6) is 0 Å². The van der Waals surface area contributed by atoms with Gasteiger partial charge in [-0.25, -0.2) is 0 Å². The summed E-state index contributed by atoms with van der Waals surface area (Å²) in [4.78, 5) is 2.63.